The molecule has 1 unspecified atom stereocenters. The van der Waals surface area contributed by atoms with Crippen molar-refractivity contribution in [3.63, 3.8) is 0 Å². The van der Waals surface area contributed by atoms with Crippen molar-refractivity contribution in [3.05, 3.63) is 23.8 Å². The van der Waals surface area contributed by atoms with Gasteiger partial charge in [-0.25, -0.2) is 0 Å². The van der Waals surface area contributed by atoms with Crippen molar-refractivity contribution >= 4 is 12.2 Å². The average Bonchev–Trinajstić information content (AvgIpc) is 2.34. The fraction of sp³-hybridized carbons (Fsp3) is 0.538. The molecule has 4 heteroatoms. The summed E-state index contributed by atoms with van der Waals surface area (Å²) in [6, 6.07) is -0.311. The van der Waals surface area contributed by atoms with Gasteiger partial charge >= 0.3 is 0 Å². The van der Waals surface area contributed by atoms with Crippen molar-refractivity contribution in [3.8, 4) is 0 Å². The lowest BCUT2D eigenvalue weighted by Gasteiger charge is -2.31. The van der Waals surface area contributed by atoms with Gasteiger partial charge in [-0.15, -0.1) is 0 Å². The number of allylic oxidation sites excluding steroid dienone is 2. The number of hydrogen-bond acceptors (Lipinski definition) is 3. The Morgan fingerprint density at radius 2 is 2.35 bits per heavy atom. The quantitative estimate of drug-likeness (QED) is 0.570. The Balaban J connectivity index is 2.78. The van der Waals surface area contributed by atoms with Gasteiger partial charge in [0, 0.05) is 13.1 Å². The van der Waals surface area contributed by atoms with E-state index in [4.69, 9.17) is 0 Å². The minimum absolute atomic E-state index is 0.0157. The first-order valence-electron chi connectivity index (χ1n) is 6.01. The van der Waals surface area contributed by atoms with Gasteiger partial charge in [0.05, 0.1) is 12.6 Å². The average molecular weight is 236 g/mol. The van der Waals surface area contributed by atoms with Crippen molar-refractivity contribution in [2.45, 2.75) is 26.3 Å². The van der Waals surface area contributed by atoms with Gasteiger partial charge in [-0.3, -0.25) is 9.69 Å². The largest absolute Gasteiger partial charge is 0.354 e. The van der Waals surface area contributed by atoms with Crippen molar-refractivity contribution in [1.82, 2.24) is 10.2 Å². The highest BCUT2D eigenvalue weighted by Crippen LogP contribution is 2.12. The summed E-state index contributed by atoms with van der Waals surface area (Å²) < 4.78 is 0. The highest BCUT2D eigenvalue weighted by molar-refractivity contribution is 5.79. The number of nitrogens with one attached hydrogen (secondary N) is 1. The minimum Gasteiger partial charge on any atom is -0.354 e. The van der Waals surface area contributed by atoms with E-state index < -0.39 is 0 Å². The van der Waals surface area contributed by atoms with Gasteiger partial charge in [0.25, 0.3) is 0 Å². The number of carbonyl (C=O) groups is 2. The van der Waals surface area contributed by atoms with Crippen LogP contribution in [0.15, 0.2) is 23.8 Å². The first kappa shape index (κ1) is 13.6. The number of carbonyl (C=O) groups excluding carboxylic acids is 2. The normalized spacial score (nSPS) is 20.4. The molecule has 94 valence electrons. The molecular formula is C13H20N2O2. The van der Waals surface area contributed by atoms with E-state index in [9.17, 15) is 9.59 Å². The van der Waals surface area contributed by atoms with Crippen LogP contribution in [0.3, 0.4) is 0 Å². The molecule has 0 aromatic rings. The lowest BCUT2D eigenvalue weighted by Crippen LogP contribution is -2.52. The summed E-state index contributed by atoms with van der Waals surface area (Å²) in [5.74, 6) is -0.0157. The van der Waals surface area contributed by atoms with Crippen LogP contribution < -0.4 is 5.32 Å². The summed E-state index contributed by atoms with van der Waals surface area (Å²) in [5, 5.41) is 2.76. The van der Waals surface area contributed by atoms with E-state index in [1.165, 1.54) is 0 Å². The maximum Gasteiger partial charge on any atom is 0.234 e. The van der Waals surface area contributed by atoms with Gasteiger partial charge < -0.3 is 10.1 Å². The molecule has 1 rings (SSSR count). The maximum absolute atomic E-state index is 11.3. The number of nitrogens with zero attached hydrogens (tertiary/aromatic N) is 1. The monoisotopic (exact) mass is 236 g/mol. The number of amides is 1. The molecule has 1 atom stereocenters. The lowest BCUT2D eigenvalue weighted by molar-refractivity contribution is -0.125. The second kappa shape index (κ2) is 7.01. The standard InChI is InChI=1S/C13H20N2O2/c1-3-5-6-11(4-2)12(10-16)15-8-7-14-13(17)9-15/h4-6,10,12H,3,7-9H2,1-2H3,(H,14,17)/b6-5-,11-4+. The van der Waals surface area contributed by atoms with Crippen molar-refractivity contribution in [2.24, 2.45) is 0 Å². The Hall–Kier alpha value is -1.42. The molecule has 0 aromatic heterocycles. The third-order valence-corrected chi connectivity index (χ3v) is 2.81. The van der Waals surface area contributed by atoms with Gasteiger partial charge in [0.15, 0.2) is 0 Å². The molecule has 4 nitrogen and oxygen atoms in total. The summed E-state index contributed by atoms with van der Waals surface area (Å²) in [4.78, 5) is 24.4. The molecule has 1 amide bonds. The highest BCUT2D eigenvalue weighted by atomic mass is 16.2. The summed E-state index contributed by atoms with van der Waals surface area (Å²) in [6.07, 6.45) is 7.76. The van der Waals surface area contributed by atoms with Gasteiger partial charge in [0.1, 0.15) is 6.29 Å². The third kappa shape index (κ3) is 3.82. The van der Waals surface area contributed by atoms with Crippen LogP contribution in [0, 0.1) is 0 Å². The molecular weight excluding hydrogens is 216 g/mol. The Kier molecular flexibility index (Phi) is 5.63. The number of aldehydes is 1. The predicted molar refractivity (Wildman–Crippen MR) is 67.6 cm³/mol. The van der Waals surface area contributed by atoms with Gasteiger partial charge in [-0.2, -0.15) is 0 Å². The Morgan fingerprint density at radius 1 is 1.59 bits per heavy atom. The van der Waals surface area contributed by atoms with Crippen molar-refractivity contribution < 1.29 is 9.59 Å². The van der Waals surface area contributed by atoms with Crippen LogP contribution >= 0.6 is 0 Å². The molecule has 0 saturated carbocycles. The molecule has 0 spiro atoms. The summed E-state index contributed by atoms with van der Waals surface area (Å²) in [6.45, 7) is 5.58. The lowest BCUT2D eigenvalue weighted by atomic mass is 10.0. The van der Waals surface area contributed by atoms with Crippen LogP contribution in [0.4, 0.5) is 0 Å². The van der Waals surface area contributed by atoms with E-state index in [0.29, 0.717) is 19.6 Å². The molecule has 1 aliphatic rings. The smallest absolute Gasteiger partial charge is 0.234 e. The van der Waals surface area contributed by atoms with E-state index in [1.807, 2.05) is 37.0 Å². The molecule has 1 N–H and O–H groups in total. The summed E-state index contributed by atoms with van der Waals surface area (Å²) in [7, 11) is 0. The van der Waals surface area contributed by atoms with Crippen LogP contribution in [0.25, 0.3) is 0 Å². The second-order valence-corrected chi connectivity index (χ2v) is 4.00. The molecule has 0 aromatic carbocycles. The van der Waals surface area contributed by atoms with E-state index in [-0.39, 0.29) is 11.9 Å². The Morgan fingerprint density at radius 3 is 2.88 bits per heavy atom. The first-order chi connectivity index (χ1) is 8.22. The van der Waals surface area contributed by atoms with Crippen LogP contribution in [0.1, 0.15) is 20.3 Å². The van der Waals surface area contributed by atoms with Gasteiger partial charge in [-0.1, -0.05) is 25.2 Å². The van der Waals surface area contributed by atoms with Crippen LogP contribution in [-0.2, 0) is 9.59 Å². The Bertz CT molecular complexity index is 334. The van der Waals surface area contributed by atoms with Crippen molar-refractivity contribution in [2.75, 3.05) is 19.6 Å². The SMILES string of the molecule is C/C=C(\C=C/CC)C(C=O)N1CCNC(=O)C1. The van der Waals surface area contributed by atoms with Crippen LogP contribution in [0.2, 0.25) is 0 Å². The highest BCUT2D eigenvalue weighted by Gasteiger charge is 2.25. The van der Waals surface area contributed by atoms with E-state index in [0.717, 1.165) is 18.3 Å². The summed E-state index contributed by atoms with van der Waals surface area (Å²) >= 11 is 0. The molecule has 0 bridgehead atoms. The zero-order valence-corrected chi connectivity index (χ0v) is 10.5. The van der Waals surface area contributed by atoms with E-state index >= 15 is 0 Å². The zero-order chi connectivity index (χ0) is 12.7. The predicted octanol–water partition coefficient (Wildman–Crippen LogP) is 0.898. The molecule has 1 fully saturated rings. The first-order valence-corrected chi connectivity index (χ1v) is 6.01. The zero-order valence-electron chi connectivity index (χ0n) is 10.5. The number of hydrogen-bond donors (Lipinski definition) is 1. The fourth-order valence-electron chi connectivity index (χ4n) is 1.89. The maximum atomic E-state index is 11.3. The molecule has 1 heterocycles. The third-order valence-electron chi connectivity index (χ3n) is 2.81. The molecule has 17 heavy (non-hydrogen) atoms. The molecule has 0 aliphatic carbocycles. The van der Waals surface area contributed by atoms with Gasteiger partial charge in [0.2, 0.25) is 5.91 Å². The number of rotatable bonds is 5. The topological polar surface area (TPSA) is 49.4 Å². The minimum atomic E-state index is -0.311. The molecule has 1 saturated heterocycles. The molecule has 0 radical (unpaired) electrons. The summed E-state index contributed by atoms with van der Waals surface area (Å²) in [5.41, 5.74) is 0.955. The number of piperazine rings is 1. The van der Waals surface area contributed by atoms with Crippen LogP contribution in [0.5, 0.6) is 0 Å². The van der Waals surface area contributed by atoms with E-state index in [2.05, 4.69) is 5.32 Å². The fourth-order valence-corrected chi connectivity index (χ4v) is 1.89. The van der Waals surface area contributed by atoms with E-state index in [1.54, 1.807) is 0 Å². The Labute approximate surface area is 102 Å². The van der Waals surface area contributed by atoms with Crippen molar-refractivity contribution in [1.29, 1.82) is 0 Å². The second-order valence-electron chi connectivity index (χ2n) is 4.00. The van der Waals surface area contributed by atoms with Crippen LogP contribution in [-0.4, -0.2) is 42.8 Å². The van der Waals surface area contributed by atoms with Gasteiger partial charge in [-0.05, 0) is 18.9 Å². The molecule has 1 aliphatic heterocycles.